The van der Waals surface area contributed by atoms with Crippen LogP contribution in [-0.2, 0) is 33.6 Å². The second-order valence-electron chi connectivity index (χ2n) is 8.35. The molecular formula is C27H23F3N2O3S2. The van der Waals surface area contributed by atoms with Crippen molar-refractivity contribution in [1.82, 2.24) is 4.98 Å². The van der Waals surface area contributed by atoms with Crippen LogP contribution in [0.15, 0.2) is 83.1 Å². The Morgan fingerprint density at radius 2 is 1.54 bits per heavy atom. The molecule has 4 aromatic rings. The molecule has 0 spiro atoms. The predicted molar refractivity (Wildman–Crippen MR) is 138 cm³/mol. The standard InChI is InChI=1S/C27H23F3N2O3S2/c1-2-37(34,35)23-13-5-18(6-14-23)15-25(33)31-22-11-7-20(8-12-22)24-17-36-26(32-24)16-19-3-9-21(10-4-19)27(28,29)30/h3-14,17H,2,15-16H2,1H3,(H,31,33). The molecule has 0 aliphatic carbocycles. The fourth-order valence-electron chi connectivity index (χ4n) is 3.61. The molecule has 37 heavy (non-hydrogen) atoms. The third kappa shape index (κ3) is 6.84. The van der Waals surface area contributed by atoms with Gasteiger partial charge in [0, 0.05) is 23.1 Å². The SMILES string of the molecule is CCS(=O)(=O)c1ccc(CC(=O)Nc2ccc(-c3csc(Cc4ccc(C(F)(F)F)cc4)n3)cc2)cc1. The molecule has 4 rings (SSSR count). The van der Waals surface area contributed by atoms with Crippen molar-refractivity contribution in [3.63, 3.8) is 0 Å². The summed E-state index contributed by atoms with van der Waals surface area (Å²) in [6, 6.07) is 18.5. The monoisotopic (exact) mass is 544 g/mol. The van der Waals surface area contributed by atoms with Crippen LogP contribution in [0.25, 0.3) is 11.3 Å². The minimum Gasteiger partial charge on any atom is -0.326 e. The molecule has 0 saturated carbocycles. The van der Waals surface area contributed by atoms with E-state index in [1.165, 1.54) is 35.6 Å². The Hall–Kier alpha value is -3.50. The van der Waals surface area contributed by atoms with Gasteiger partial charge in [-0.2, -0.15) is 13.2 Å². The molecule has 0 unspecified atom stereocenters. The van der Waals surface area contributed by atoms with Gasteiger partial charge in [-0.05, 0) is 47.5 Å². The lowest BCUT2D eigenvalue weighted by molar-refractivity contribution is -0.137. The minimum absolute atomic E-state index is 0.0180. The van der Waals surface area contributed by atoms with Gasteiger partial charge in [-0.15, -0.1) is 11.3 Å². The molecule has 0 bridgehead atoms. The summed E-state index contributed by atoms with van der Waals surface area (Å²) in [5, 5.41) is 5.49. The van der Waals surface area contributed by atoms with Gasteiger partial charge in [0.1, 0.15) is 0 Å². The molecule has 0 fully saturated rings. The smallest absolute Gasteiger partial charge is 0.326 e. The zero-order valence-corrected chi connectivity index (χ0v) is 21.4. The van der Waals surface area contributed by atoms with Crippen LogP contribution in [0.5, 0.6) is 0 Å². The summed E-state index contributed by atoms with van der Waals surface area (Å²) in [5.41, 5.74) is 2.97. The highest BCUT2D eigenvalue weighted by Crippen LogP contribution is 2.30. The van der Waals surface area contributed by atoms with Crippen molar-refractivity contribution in [3.8, 4) is 11.3 Å². The Bertz CT molecular complexity index is 1480. The van der Waals surface area contributed by atoms with E-state index < -0.39 is 21.6 Å². The maximum Gasteiger partial charge on any atom is 0.416 e. The molecular weight excluding hydrogens is 521 g/mol. The van der Waals surface area contributed by atoms with Crippen LogP contribution in [0.2, 0.25) is 0 Å². The second-order valence-corrected chi connectivity index (χ2v) is 11.6. The van der Waals surface area contributed by atoms with Gasteiger partial charge in [-0.1, -0.05) is 43.3 Å². The maximum atomic E-state index is 12.7. The first-order valence-electron chi connectivity index (χ1n) is 11.4. The predicted octanol–water partition coefficient (Wildman–Crippen LogP) is 6.39. The Labute approximate surface area is 216 Å². The van der Waals surface area contributed by atoms with Gasteiger partial charge in [-0.3, -0.25) is 4.79 Å². The average Bonchev–Trinajstić information content (AvgIpc) is 3.33. The number of amides is 1. The van der Waals surface area contributed by atoms with Gasteiger partial charge >= 0.3 is 6.18 Å². The highest BCUT2D eigenvalue weighted by Gasteiger charge is 2.29. The highest BCUT2D eigenvalue weighted by molar-refractivity contribution is 7.91. The summed E-state index contributed by atoms with van der Waals surface area (Å²) < 4.78 is 62.1. The third-order valence-electron chi connectivity index (χ3n) is 5.68. The van der Waals surface area contributed by atoms with Gasteiger partial charge in [0.05, 0.1) is 33.3 Å². The Balaban J connectivity index is 1.34. The number of benzene rings is 3. The molecule has 5 nitrogen and oxygen atoms in total. The summed E-state index contributed by atoms with van der Waals surface area (Å²) in [4.78, 5) is 17.3. The lowest BCUT2D eigenvalue weighted by atomic mass is 10.1. The van der Waals surface area contributed by atoms with Gasteiger partial charge in [0.2, 0.25) is 5.91 Å². The van der Waals surface area contributed by atoms with Gasteiger partial charge in [0.15, 0.2) is 9.84 Å². The van der Waals surface area contributed by atoms with E-state index in [4.69, 9.17) is 0 Å². The van der Waals surface area contributed by atoms with E-state index in [-0.39, 0.29) is 23.0 Å². The molecule has 1 N–H and O–H groups in total. The zero-order valence-electron chi connectivity index (χ0n) is 19.7. The number of nitrogens with zero attached hydrogens (tertiary/aromatic N) is 1. The molecule has 0 radical (unpaired) electrons. The van der Waals surface area contributed by atoms with Crippen LogP contribution < -0.4 is 5.32 Å². The zero-order chi connectivity index (χ0) is 26.6. The van der Waals surface area contributed by atoms with E-state index in [1.54, 1.807) is 31.2 Å². The number of alkyl halides is 3. The van der Waals surface area contributed by atoms with E-state index in [1.807, 2.05) is 17.5 Å². The van der Waals surface area contributed by atoms with Crippen LogP contribution in [0.4, 0.5) is 18.9 Å². The third-order valence-corrected chi connectivity index (χ3v) is 8.28. The van der Waals surface area contributed by atoms with Crippen LogP contribution in [0.3, 0.4) is 0 Å². The largest absolute Gasteiger partial charge is 0.416 e. The van der Waals surface area contributed by atoms with Crippen molar-refractivity contribution < 1.29 is 26.4 Å². The summed E-state index contributed by atoms with van der Waals surface area (Å²) >= 11 is 1.43. The van der Waals surface area contributed by atoms with Gasteiger partial charge in [-0.25, -0.2) is 13.4 Å². The van der Waals surface area contributed by atoms with Gasteiger partial charge in [0.25, 0.3) is 0 Å². The number of aromatic nitrogens is 1. The number of thiazole rings is 1. The summed E-state index contributed by atoms with van der Waals surface area (Å²) in [6.45, 7) is 1.58. The van der Waals surface area contributed by atoms with E-state index in [0.29, 0.717) is 17.7 Å². The molecule has 1 heterocycles. The number of anilines is 1. The average molecular weight is 545 g/mol. The summed E-state index contributed by atoms with van der Waals surface area (Å²) in [5.74, 6) is -0.212. The van der Waals surface area contributed by atoms with E-state index in [2.05, 4.69) is 10.3 Å². The molecule has 0 saturated heterocycles. The molecule has 3 aromatic carbocycles. The molecule has 192 valence electrons. The first-order valence-corrected chi connectivity index (χ1v) is 13.9. The Morgan fingerprint density at radius 1 is 0.919 bits per heavy atom. The van der Waals surface area contributed by atoms with Gasteiger partial charge < -0.3 is 5.32 Å². The van der Waals surface area contributed by atoms with Crippen molar-refractivity contribution in [3.05, 3.63) is 99.9 Å². The lowest BCUT2D eigenvalue weighted by Crippen LogP contribution is -2.14. The van der Waals surface area contributed by atoms with Crippen molar-refractivity contribution in [1.29, 1.82) is 0 Å². The Morgan fingerprint density at radius 3 is 2.14 bits per heavy atom. The number of hydrogen-bond acceptors (Lipinski definition) is 5. The Kier molecular flexibility index (Phi) is 7.79. The van der Waals surface area contributed by atoms with Crippen LogP contribution in [0.1, 0.15) is 28.6 Å². The quantitative estimate of drug-likeness (QED) is 0.279. The topological polar surface area (TPSA) is 76.1 Å². The minimum atomic E-state index is -4.36. The van der Waals surface area contributed by atoms with Crippen molar-refractivity contribution in [2.45, 2.75) is 30.8 Å². The van der Waals surface area contributed by atoms with Crippen LogP contribution in [-0.4, -0.2) is 25.1 Å². The fourth-order valence-corrected chi connectivity index (χ4v) is 5.33. The first-order chi connectivity index (χ1) is 17.5. The molecule has 1 amide bonds. The van der Waals surface area contributed by atoms with Crippen molar-refractivity contribution >= 4 is 32.8 Å². The molecule has 0 aliphatic heterocycles. The first kappa shape index (κ1) is 26.6. The molecule has 0 aliphatic rings. The lowest BCUT2D eigenvalue weighted by Gasteiger charge is -2.07. The molecule has 1 aromatic heterocycles. The van der Waals surface area contributed by atoms with Crippen molar-refractivity contribution in [2.24, 2.45) is 0 Å². The second kappa shape index (κ2) is 10.9. The number of carbonyl (C=O) groups excluding carboxylic acids is 1. The van der Waals surface area contributed by atoms with Crippen LogP contribution in [0, 0.1) is 0 Å². The number of rotatable bonds is 8. The van der Waals surface area contributed by atoms with Crippen molar-refractivity contribution in [2.75, 3.05) is 11.1 Å². The highest BCUT2D eigenvalue weighted by atomic mass is 32.2. The number of nitrogens with one attached hydrogen (secondary N) is 1. The molecule has 0 atom stereocenters. The number of carbonyl (C=O) groups is 1. The number of hydrogen-bond donors (Lipinski definition) is 1. The van der Waals surface area contributed by atoms with Crippen LogP contribution >= 0.6 is 11.3 Å². The molecule has 10 heteroatoms. The maximum absolute atomic E-state index is 12.7. The van der Waals surface area contributed by atoms with E-state index in [0.717, 1.165) is 34.0 Å². The number of sulfone groups is 1. The normalized spacial score (nSPS) is 11.9. The summed E-state index contributed by atoms with van der Waals surface area (Å²) in [6.07, 6.45) is -3.82. The summed E-state index contributed by atoms with van der Waals surface area (Å²) in [7, 11) is -3.28. The van der Waals surface area contributed by atoms with E-state index in [9.17, 15) is 26.4 Å². The number of halogens is 3. The fraction of sp³-hybridized carbons (Fsp3) is 0.185. The van der Waals surface area contributed by atoms with E-state index >= 15 is 0 Å².